The van der Waals surface area contributed by atoms with E-state index in [0.29, 0.717) is 25.1 Å². The van der Waals surface area contributed by atoms with Crippen molar-refractivity contribution in [1.82, 2.24) is 25.9 Å². The van der Waals surface area contributed by atoms with Crippen LogP contribution in [0.15, 0.2) is 12.5 Å². The number of aliphatic carboxylic acids is 1. The maximum Gasteiger partial charge on any atom is 0.322 e. The number of carbonyl (C=O) groups is 4. The van der Waals surface area contributed by atoms with E-state index < -0.39 is 54.5 Å². The predicted molar refractivity (Wildman–Crippen MR) is 109 cm³/mol. The topological polar surface area (TPSA) is 226 Å². The van der Waals surface area contributed by atoms with E-state index in [-0.39, 0.29) is 12.8 Å². The van der Waals surface area contributed by atoms with E-state index in [9.17, 15) is 24.3 Å². The molecule has 31 heavy (non-hydrogen) atoms. The third kappa shape index (κ3) is 9.55. The van der Waals surface area contributed by atoms with Gasteiger partial charge in [0.25, 0.3) is 0 Å². The van der Waals surface area contributed by atoms with E-state index in [0.717, 1.165) is 0 Å². The number of nitrogens with two attached hydrogens (primary N) is 2. The Morgan fingerprint density at radius 3 is 2.42 bits per heavy atom. The van der Waals surface area contributed by atoms with E-state index in [1.807, 2.05) is 0 Å². The molecule has 0 aliphatic rings. The summed E-state index contributed by atoms with van der Waals surface area (Å²) in [6.07, 6.45) is 3.10. The predicted octanol–water partition coefficient (Wildman–Crippen LogP) is -3.04. The summed E-state index contributed by atoms with van der Waals surface area (Å²) < 4.78 is 0. The number of aromatic nitrogens is 2. The fraction of sp³-hybridized carbons (Fsp3) is 0.611. The first kappa shape index (κ1) is 26.0. The highest BCUT2D eigenvalue weighted by Gasteiger charge is 2.31. The Kier molecular flexibility index (Phi) is 11.2. The molecule has 1 aromatic heterocycles. The number of rotatable bonds is 14. The van der Waals surface area contributed by atoms with Crippen molar-refractivity contribution in [2.24, 2.45) is 11.5 Å². The molecule has 0 aliphatic heterocycles. The number of unbranched alkanes of at least 4 members (excludes halogenated alkanes) is 1. The molecule has 0 bridgehead atoms. The lowest BCUT2D eigenvalue weighted by Gasteiger charge is -2.25. The molecule has 0 saturated heterocycles. The summed E-state index contributed by atoms with van der Waals surface area (Å²) in [5.74, 6) is -3.41. The van der Waals surface area contributed by atoms with E-state index in [1.165, 1.54) is 19.4 Å². The molecule has 1 aromatic rings. The Morgan fingerprint density at radius 2 is 1.87 bits per heavy atom. The Morgan fingerprint density at radius 1 is 1.16 bits per heavy atom. The van der Waals surface area contributed by atoms with Gasteiger partial charge in [0.05, 0.1) is 18.5 Å². The maximum absolute atomic E-state index is 12.7. The monoisotopic (exact) mass is 441 g/mol. The molecular formula is C18H31N7O6. The number of aliphatic hydroxyl groups excluding tert-OH is 1. The number of carboxylic acid groups (broad SMARTS) is 1. The van der Waals surface area contributed by atoms with Crippen LogP contribution < -0.4 is 27.4 Å². The van der Waals surface area contributed by atoms with Gasteiger partial charge in [-0.25, -0.2) is 4.98 Å². The summed E-state index contributed by atoms with van der Waals surface area (Å²) in [7, 11) is 0. The highest BCUT2D eigenvalue weighted by atomic mass is 16.4. The molecule has 13 nitrogen and oxygen atoms in total. The quantitative estimate of drug-likeness (QED) is 0.137. The number of amides is 3. The fourth-order valence-electron chi connectivity index (χ4n) is 2.70. The Labute approximate surface area is 179 Å². The van der Waals surface area contributed by atoms with E-state index in [2.05, 4.69) is 25.9 Å². The number of nitrogens with one attached hydrogen (secondary N) is 4. The van der Waals surface area contributed by atoms with Crippen LogP contribution >= 0.6 is 0 Å². The molecule has 13 heteroatoms. The average molecular weight is 441 g/mol. The van der Waals surface area contributed by atoms with E-state index in [4.69, 9.17) is 16.6 Å². The lowest BCUT2D eigenvalue weighted by atomic mass is 10.1. The standard InChI is InChI=1S/C18H31N7O6/c1-10(26)15(25-16(29)12(20)6-11-7-21-9-23-11)18(31)24-13(4-2-3-5-19)17(30)22-8-14(27)28/h7,9-10,12-13,15,26H,2-6,8,19-20H2,1H3,(H,21,23)(H,22,30)(H,24,31)(H,25,29)(H,27,28). The summed E-state index contributed by atoms with van der Waals surface area (Å²) in [4.78, 5) is 54.7. The molecule has 0 radical (unpaired) electrons. The Balaban J connectivity index is 2.78. The van der Waals surface area contributed by atoms with Crippen LogP contribution in [-0.4, -0.2) is 81.2 Å². The van der Waals surface area contributed by atoms with Crippen molar-refractivity contribution in [3.63, 3.8) is 0 Å². The van der Waals surface area contributed by atoms with Crippen LogP contribution in [0.1, 0.15) is 31.9 Å². The van der Waals surface area contributed by atoms with Crippen LogP contribution in [-0.2, 0) is 25.6 Å². The van der Waals surface area contributed by atoms with Crippen LogP contribution in [0.4, 0.5) is 0 Å². The molecule has 10 N–H and O–H groups in total. The van der Waals surface area contributed by atoms with Crippen LogP contribution in [0.25, 0.3) is 0 Å². The first-order chi connectivity index (χ1) is 14.6. The SMILES string of the molecule is CC(O)C(NC(=O)C(N)Cc1cnc[nH]1)C(=O)NC(CCCCN)C(=O)NCC(=O)O. The van der Waals surface area contributed by atoms with Gasteiger partial charge in [-0.05, 0) is 32.7 Å². The summed E-state index contributed by atoms with van der Waals surface area (Å²) in [6, 6.07) is -3.44. The van der Waals surface area contributed by atoms with Gasteiger partial charge in [-0.15, -0.1) is 0 Å². The summed E-state index contributed by atoms with van der Waals surface area (Å²) in [6.45, 7) is 1.08. The number of aliphatic hydroxyl groups is 1. The van der Waals surface area contributed by atoms with E-state index in [1.54, 1.807) is 0 Å². The van der Waals surface area contributed by atoms with Gasteiger partial charge in [0.15, 0.2) is 0 Å². The number of nitrogens with zero attached hydrogens (tertiary/aromatic N) is 1. The van der Waals surface area contributed by atoms with Crippen LogP contribution in [0.2, 0.25) is 0 Å². The second-order valence-corrected chi connectivity index (χ2v) is 7.07. The molecule has 4 atom stereocenters. The van der Waals surface area contributed by atoms with Crippen molar-refractivity contribution in [3.05, 3.63) is 18.2 Å². The van der Waals surface area contributed by atoms with Gasteiger partial charge < -0.3 is 42.6 Å². The highest BCUT2D eigenvalue weighted by molar-refractivity contribution is 5.94. The van der Waals surface area contributed by atoms with Crippen LogP contribution in [0.3, 0.4) is 0 Å². The summed E-state index contributed by atoms with van der Waals surface area (Å²) >= 11 is 0. The normalized spacial score (nSPS) is 14.7. The molecule has 4 unspecified atom stereocenters. The average Bonchev–Trinajstić information content (AvgIpc) is 3.21. The number of hydrogen-bond donors (Lipinski definition) is 8. The van der Waals surface area contributed by atoms with Gasteiger partial charge in [0, 0.05) is 18.3 Å². The molecule has 0 fully saturated rings. The minimum absolute atomic E-state index is 0.138. The van der Waals surface area contributed by atoms with Crippen molar-refractivity contribution >= 4 is 23.7 Å². The maximum atomic E-state index is 12.7. The van der Waals surface area contributed by atoms with Gasteiger partial charge in [-0.2, -0.15) is 0 Å². The second kappa shape index (κ2) is 13.3. The molecule has 3 amide bonds. The van der Waals surface area contributed by atoms with Gasteiger partial charge in [0.2, 0.25) is 17.7 Å². The largest absolute Gasteiger partial charge is 0.480 e. The number of imidazole rings is 1. The lowest BCUT2D eigenvalue weighted by molar-refractivity contribution is -0.138. The number of hydrogen-bond acceptors (Lipinski definition) is 8. The molecule has 0 aliphatic carbocycles. The molecule has 0 spiro atoms. The van der Waals surface area contributed by atoms with Gasteiger partial charge in [0.1, 0.15) is 18.6 Å². The van der Waals surface area contributed by atoms with Gasteiger partial charge in [-0.3, -0.25) is 19.2 Å². The van der Waals surface area contributed by atoms with Crippen molar-refractivity contribution in [2.75, 3.05) is 13.1 Å². The Hall–Kier alpha value is -3.03. The van der Waals surface area contributed by atoms with Crippen molar-refractivity contribution in [2.45, 2.75) is 56.8 Å². The molecule has 1 heterocycles. The van der Waals surface area contributed by atoms with Gasteiger partial charge in [-0.1, -0.05) is 0 Å². The third-order valence-electron chi connectivity index (χ3n) is 4.39. The lowest BCUT2D eigenvalue weighted by Crippen LogP contribution is -2.59. The summed E-state index contributed by atoms with van der Waals surface area (Å²) in [5, 5.41) is 25.8. The smallest absolute Gasteiger partial charge is 0.322 e. The van der Waals surface area contributed by atoms with Gasteiger partial charge >= 0.3 is 5.97 Å². The summed E-state index contributed by atoms with van der Waals surface area (Å²) in [5.41, 5.74) is 11.9. The van der Waals surface area contributed by atoms with Crippen LogP contribution in [0, 0.1) is 0 Å². The minimum atomic E-state index is -1.37. The molecule has 1 rings (SSSR count). The second-order valence-electron chi connectivity index (χ2n) is 7.07. The molecular weight excluding hydrogens is 410 g/mol. The van der Waals surface area contributed by atoms with Crippen LogP contribution in [0.5, 0.6) is 0 Å². The first-order valence-corrected chi connectivity index (χ1v) is 9.86. The van der Waals surface area contributed by atoms with Crippen molar-refractivity contribution < 1.29 is 29.4 Å². The number of H-pyrrole nitrogens is 1. The molecule has 174 valence electrons. The zero-order chi connectivity index (χ0) is 23.4. The first-order valence-electron chi connectivity index (χ1n) is 9.86. The van der Waals surface area contributed by atoms with Crippen molar-refractivity contribution in [3.8, 4) is 0 Å². The Bertz CT molecular complexity index is 725. The fourth-order valence-corrected chi connectivity index (χ4v) is 2.70. The number of aromatic amines is 1. The number of carboxylic acids is 1. The zero-order valence-electron chi connectivity index (χ0n) is 17.3. The van der Waals surface area contributed by atoms with Crippen molar-refractivity contribution in [1.29, 1.82) is 0 Å². The minimum Gasteiger partial charge on any atom is -0.480 e. The molecule has 0 aromatic carbocycles. The highest BCUT2D eigenvalue weighted by Crippen LogP contribution is 2.04. The zero-order valence-corrected chi connectivity index (χ0v) is 17.3. The number of carbonyl (C=O) groups excluding carboxylic acids is 3. The van der Waals surface area contributed by atoms with E-state index >= 15 is 0 Å². The molecule has 0 saturated carbocycles. The third-order valence-corrected chi connectivity index (χ3v) is 4.39.